The van der Waals surface area contributed by atoms with E-state index in [4.69, 9.17) is 10.5 Å². The van der Waals surface area contributed by atoms with Crippen molar-refractivity contribution >= 4 is 10.8 Å². The molecule has 0 amide bonds. The summed E-state index contributed by atoms with van der Waals surface area (Å²) in [5.41, 5.74) is 7.94. The summed E-state index contributed by atoms with van der Waals surface area (Å²) in [7, 11) is 1.06. The lowest BCUT2D eigenvalue weighted by Crippen LogP contribution is -2.37. The van der Waals surface area contributed by atoms with Gasteiger partial charge in [-0.1, -0.05) is 6.07 Å². The van der Waals surface area contributed by atoms with Crippen molar-refractivity contribution in [2.45, 2.75) is 13.1 Å². The molecule has 1 aliphatic heterocycles. The third-order valence-corrected chi connectivity index (χ3v) is 4.52. The molecule has 0 unspecified atom stereocenters. The average molecular weight is 268 g/mol. The Labute approximate surface area is 111 Å². The van der Waals surface area contributed by atoms with Gasteiger partial charge in [-0.25, -0.2) is 0 Å². The van der Waals surface area contributed by atoms with Crippen LogP contribution in [0.1, 0.15) is 11.1 Å². The number of methoxy groups -OCH3 is 1. The first-order valence-corrected chi connectivity index (χ1v) is 7.65. The smallest absolute Gasteiger partial charge is 0.123 e. The maximum absolute atomic E-state index is 11.3. The molecule has 0 aliphatic carbocycles. The highest BCUT2D eigenvalue weighted by Gasteiger charge is 2.16. The van der Waals surface area contributed by atoms with E-state index in [2.05, 4.69) is 11.0 Å². The van der Waals surface area contributed by atoms with Crippen LogP contribution in [0.25, 0.3) is 0 Å². The van der Waals surface area contributed by atoms with Crippen molar-refractivity contribution in [1.29, 1.82) is 0 Å². The van der Waals surface area contributed by atoms with Crippen molar-refractivity contribution in [2.24, 2.45) is 5.73 Å². The summed E-state index contributed by atoms with van der Waals surface area (Å²) < 4.78 is 16.7. The second kappa shape index (κ2) is 6.31. The standard InChI is InChI=1S/C13H20N2O2S/c1-17-13-3-2-11(9-14)8-12(13)10-15-4-6-18(16)7-5-15/h2-3,8H,4-7,9-10,14H2,1H3. The molecule has 1 fully saturated rings. The number of hydrogen-bond donors (Lipinski definition) is 1. The van der Waals surface area contributed by atoms with Gasteiger partial charge in [0.1, 0.15) is 5.75 Å². The molecule has 1 heterocycles. The highest BCUT2D eigenvalue weighted by molar-refractivity contribution is 7.85. The van der Waals surface area contributed by atoms with Gasteiger partial charge in [0.25, 0.3) is 0 Å². The quantitative estimate of drug-likeness (QED) is 0.874. The van der Waals surface area contributed by atoms with Gasteiger partial charge in [0.05, 0.1) is 7.11 Å². The molecule has 1 aromatic rings. The molecule has 0 saturated carbocycles. The number of nitrogens with zero attached hydrogens (tertiary/aromatic N) is 1. The molecule has 1 aliphatic rings. The lowest BCUT2D eigenvalue weighted by atomic mass is 10.1. The Morgan fingerprint density at radius 2 is 2.11 bits per heavy atom. The summed E-state index contributed by atoms with van der Waals surface area (Å²) >= 11 is 0. The van der Waals surface area contributed by atoms with E-state index < -0.39 is 10.8 Å². The van der Waals surface area contributed by atoms with E-state index in [0.29, 0.717) is 6.54 Å². The molecule has 2 N–H and O–H groups in total. The lowest BCUT2D eigenvalue weighted by molar-refractivity contribution is 0.285. The van der Waals surface area contributed by atoms with Gasteiger partial charge in [-0.3, -0.25) is 9.11 Å². The first-order valence-electron chi connectivity index (χ1n) is 6.16. The van der Waals surface area contributed by atoms with Gasteiger partial charge in [-0.2, -0.15) is 0 Å². The van der Waals surface area contributed by atoms with E-state index in [1.807, 2.05) is 12.1 Å². The van der Waals surface area contributed by atoms with Crippen LogP contribution in [0.15, 0.2) is 18.2 Å². The van der Waals surface area contributed by atoms with E-state index in [9.17, 15) is 4.21 Å². The van der Waals surface area contributed by atoms with Crippen LogP contribution in [0.4, 0.5) is 0 Å². The third kappa shape index (κ3) is 3.31. The van der Waals surface area contributed by atoms with E-state index in [-0.39, 0.29) is 0 Å². The minimum atomic E-state index is -0.625. The normalized spacial score (nSPS) is 17.9. The molecule has 0 spiro atoms. The molecule has 0 atom stereocenters. The number of hydrogen-bond acceptors (Lipinski definition) is 4. The van der Waals surface area contributed by atoms with Crippen LogP contribution < -0.4 is 10.5 Å². The number of ether oxygens (including phenoxy) is 1. The Bertz CT molecular complexity index is 427. The zero-order chi connectivity index (χ0) is 13.0. The Morgan fingerprint density at radius 1 is 1.39 bits per heavy atom. The average Bonchev–Trinajstić information content (AvgIpc) is 2.41. The molecule has 4 nitrogen and oxygen atoms in total. The summed E-state index contributed by atoms with van der Waals surface area (Å²) in [6.07, 6.45) is 0. The topological polar surface area (TPSA) is 55.6 Å². The van der Waals surface area contributed by atoms with Gasteiger partial charge < -0.3 is 10.5 Å². The van der Waals surface area contributed by atoms with E-state index in [0.717, 1.165) is 48.0 Å². The third-order valence-electron chi connectivity index (χ3n) is 3.24. The van der Waals surface area contributed by atoms with Crippen molar-refractivity contribution in [3.05, 3.63) is 29.3 Å². The van der Waals surface area contributed by atoms with Crippen LogP contribution >= 0.6 is 0 Å². The van der Waals surface area contributed by atoms with E-state index in [1.54, 1.807) is 7.11 Å². The van der Waals surface area contributed by atoms with Gasteiger partial charge in [-0.15, -0.1) is 0 Å². The SMILES string of the molecule is COc1ccc(CN)cc1CN1CCS(=O)CC1. The molecule has 1 saturated heterocycles. The van der Waals surface area contributed by atoms with Gasteiger partial charge in [0.2, 0.25) is 0 Å². The van der Waals surface area contributed by atoms with Crippen molar-refractivity contribution in [1.82, 2.24) is 4.90 Å². The predicted molar refractivity (Wildman–Crippen MR) is 74.0 cm³/mol. The first kappa shape index (κ1) is 13.5. The molecule has 1 aromatic carbocycles. The highest BCUT2D eigenvalue weighted by Crippen LogP contribution is 2.22. The molecule has 100 valence electrons. The van der Waals surface area contributed by atoms with Gasteiger partial charge in [-0.05, 0) is 17.7 Å². The monoisotopic (exact) mass is 268 g/mol. The minimum Gasteiger partial charge on any atom is -0.496 e. The molecule has 0 bridgehead atoms. The minimum absolute atomic E-state index is 0.543. The van der Waals surface area contributed by atoms with Gasteiger partial charge >= 0.3 is 0 Å². The van der Waals surface area contributed by atoms with E-state index >= 15 is 0 Å². The Kier molecular flexibility index (Phi) is 4.74. The van der Waals surface area contributed by atoms with Crippen LogP contribution in [0, 0.1) is 0 Å². The second-order valence-corrected chi connectivity index (χ2v) is 6.17. The maximum Gasteiger partial charge on any atom is 0.123 e. The van der Waals surface area contributed by atoms with Crippen LogP contribution in [0.3, 0.4) is 0 Å². The summed E-state index contributed by atoms with van der Waals surface area (Å²) in [5.74, 6) is 2.46. The van der Waals surface area contributed by atoms with Crippen molar-refractivity contribution in [3.63, 3.8) is 0 Å². The molecule has 18 heavy (non-hydrogen) atoms. The number of nitrogens with two attached hydrogens (primary N) is 1. The fraction of sp³-hybridized carbons (Fsp3) is 0.538. The Morgan fingerprint density at radius 3 is 2.72 bits per heavy atom. The van der Waals surface area contributed by atoms with Crippen molar-refractivity contribution in [2.75, 3.05) is 31.7 Å². The van der Waals surface area contributed by atoms with Crippen LogP contribution in [0.5, 0.6) is 5.75 Å². The van der Waals surface area contributed by atoms with Crippen molar-refractivity contribution in [3.8, 4) is 5.75 Å². The lowest BCUT2D eigenvalue weighted by Gasteiger charge is -2.26. The predicted octanol–water partition coefficient (Wildman–Crippen LogP) is 0.718. The molecular weight excluding hydrogens is 248 g/mol. The highest BCUT2D eigenvalue weighted by atomic mass is 32.2. The Balaban J connectivity index is 2.09. The van der Waals surface area contributed by atoms with E-state index in [1.165, 1.54) is 0 Å². The van der Waals surface area contributed by atoms with Crippen LogP contribution in [0.2, 0.25) is 0 Å². The molecule has 0 radical (unpaired) electrons. The van der Waals surface area contributed by atoms with Crippen LogP contribution in [-0.4, -0.2) is 40.8 Å². The summed E-state index contributed by atoms with van der Waals surface area (Å²) in [5, 5.41) is 0. The molecule has 0 aromatic heterocycles. The van der Waals surface area contributed by atoms with Crippen LogP contribution in [-0.2, 0) is 23.9 Å². The summed E-state index contributed by atoms with van der Waals surface area (Å²) in [6.45, 7) is 3.17. The van der Waals surface area contributed by atoms with Crippen molar-refractivity contribution < 1.29 is 8.95 Å². The molecule has 5 heteroatoms. The summed E-state index contributed by atoms with van der Waals surface area (Å²) in [4.78, 5) is 2.32. The maximum atomic E-state index is 11.3. The fourth-order valence-corrected chi connectivity index (χ4v) is 3.28. The zero-order valence-electron chi connectivity index (χ0n) is 10.7. The number of rotatable bonds is 4. The van der Waals surface area contributed by atoms with Gasteiger partial charge in [0.15, 0.2) is 0 Å². The summed E-state index contributed by atoms with van der Waals surface area (Å²) in [6, 6.07) is 6.07. The largest absolute Gasteiger partial charge is 0.496 e. The number of benzene rings is 1. The zero-order valence-corrected chi connectivity index (χ0v) is 11.5. The molecular formula is C13H20N2O2S. The fourth-order valence-electron chi connectivity index (χ4n) is 2.16. The first-order chi connectivity index (χ1) is 8.72. The Hall–Kier alpha value is -0.910. The van der Waals surface area contributed by atoms with Gasteiger partial charge in [0, 0.05) is 54.0 Å². The second-order valence-electron chi connectivity index (χ2n) is 4.47. The molecule has 2 rings (SSSR count).